The van der Waals surface area contributed by atoms with Gasteiger partial charge in [-0.3, -0.25) is 9.59 Å². The van der Waals surface area contributed by atoms with E-state index in [0.29, 0.717) is 31.5 Å². The first-order valence-electron chi connectivity index (χ1n) is 11.8. The van der Waals surface area contributed by atoms with Gasteiger partial charge in [0.25, 0.3) is 0 Å². The fourth-order valence-corrected chi connectivity index (χ4v) is 6.54. The van der Waals surface area contributed by atoms with Gasteiger partial charge >= 0.3 is 0 Å². The van der Waals surface area contributed by atoms with Gasteiger partial charge in [0.2, 0.25) is 21.8 Å². The lowest BCUT2D eigenvalue weighted by Crippen LogP contribution is -2.43. The number of amides is 2. The molecule has 0 unspecified atom stereocenters. The van der Waals surface area contributed by atoms with Crippen molar-refractivity contribution < 1.29 is 22.4 Å². The molecule has 34 heavy (non-hydrogen) atoms. The lowest BCUT2D eigenvalue weighted by molar-refractivity contribution is -0.121. The summed E-state index contributed by atoms with van der Waals surface area (Å²) in [5, 5.41) is 2.69. The van der Waals surface area contributed by atoms with Crippen molar-refractivity contribution in [3.8, 4) is 0 Å². The van der Waals surface area contributed by atoms with Crippen LogP contribution in [0.15, 0.2) is 47.4 Å². The molecular weight excluding hydrogens is 457 g/mol. The fourth-order valence-electron chi connectivity index (χ4n) is 4.97. The molecule has 0 radical (unpaired) electrons. The number of hydrogen-bond acceptors (Lipinski definition) is 4. The summed E-state index contributed by atoms with van der Waals surface area (Å²) in [6.07, 6.45) is 3.59. The zero-order chi connectivity index (χ0) is 24.0. The van der Waals surface area contributed by atoms with Crippen LogP contribution >= 0.6 is 0 Å². The summed E-state index contributed by atoms with van der Waals surface area (Å²) in [5.41, 5.74) is 2.01. The number of fused-ring (bicyclic) bond motifs is 1. The van der Waals surface area contributed by atoms with Crippen LogP contribution in [0, 0.1) is 17.7 Å². The van der Waals surface area contributed by atoms with Crippen LogP contribution in [0.2, 0.25) is 0 Å². The molecule has 5 rings (SSSR count). The Hall–Kier alpha value is -2.78. The summed E-state index contributed by atoms with van der Waals surface area (Å²) >= 11 is 0. The molecule has 1 saturated carbocycles. The molecule has 0 spiro atoms. The van der Waals surface area contributed by atoms with Gasteiger partial charge in [0.1, 0.15) is 5.82 Å². The molecule has 3 aliphatic rings. The highest BCUT2D eigenvalue weighted by Gasteiger charge is 2.40. The van der Waals surface area contributed by atoms with E-state index in [1.807, 2.05) is 11.8 Å². The Bertz CT molecular complexity index is 1240. The second-order valence-electron chi connectivity index (χ2n) is 9.53. The maximum absolute atomic E-state index is 13.4. The predicted octanol–water partition coefficient (Wildman–Crippen LogP) is 3.55. The highest BCUT2D eigenvalue weighted by atomic mass is 32.2. The van der Waals surface area contributed by atoms with Gasteiger partial charge in [0.15, 0.2) is 0 Å². The summed E-state index contributed by atoms with van der Waals surface area (Å²) < 4.78 is 41.7. The van der Waals surface area contributed by atoms with Crippen LogP contribution in [0.25, 0.3) is 0 Å². The first-order chi connectivity index (χ1) is 16.2. The molecule has 2 heterocycles. The molecule has 7 nitrogen and oxygen atoms in total. The number of hydrogen-bond donors (Lipinski definition) is 1. The molecule has 2 fully saturated rings. The minimum atomic E-state index is -3.80. The van der Waals surface area contributed by atoms with Crippen molar-refractivity contribution in [3.05, 3.63) is 53.8 Å². The summed E-state index contributed by atoms with van der Waals surface area (Å²) in [6.45, 7) is 2.40. The van der Waals surface area contributed by atoms with Crippen molar-refractivity contribution >= 4 is 33.2 Å². The zero-order valence-corrected chi connectivity index (χ0v) is 19.9. The second-order valence-corrected chi connectivity index (χ2v) is 11.5. The van der Waals surface area contributed by atoms with E-state index in [-0.39, 0.29) is 35.2 Å². The van der Waals surface area contributed by atoms with Crippen LogP contribution in [-0.4, -0.2) is 43.7 Å². The minimum Gasteiger partial charge on any atom is -0.326 e. The molecule has 2 atom stereocenters. The number of sulfonamides is 1. The smallest absolute Gasteiger partial charge is 0.243 e. The molecule has 2 aromatic carbocycles. The number of halogens is 1. The number of piperidine rings is 1. The maximum Gasteiger partial charge on any atom is 0.243 e. The second kappa shape index (κ2) is 8.78. The summed E-state index contributed by atoms with van der Waals surface area (Å²) in [5.74, 6) is -1.06. The summed E-state index contributed by atoms with van der Waals surface area (Å²) in [6, 6.07) is 10.6. The zero-order valence-electron chi connectivity index (χ0n) is 19.0. The van der Waals surface area contributed by atoms with E-state index in [1.54, 1.807) is 24.3 Å². The number of anilines is 2. The Labute approximate surface area is 199 Å². The van der Waals surface area contributed by atoms with Gasteiger partial charge in [-0.2, -0.15) is 4.31 Å². The topological polar surface area (TPSA) is 86.8 Å². The van der Waals surface area contributed by atoms with E-state index in [9.17, 15) is 22.4 Å². The number of rotatable bonds is 5. The average molecular weight is 486 g/mol. The number of carbonyl (C=O) groups is 2. The Morgan fingerprint density at radius 2 is 1.85 bits per heavy atom. The number of nitrogens with zero attached hydrogens (tertiary/aromatic N) is 2. The molecule has 2 amide bonds. The normalized spacial score (nSPS) is 22.9. The Morgan fingerprint density at radius 1 is 1.06 bits per heavy atom. The SMILES string of the molecule is C[C@@H]1Cc2cc(S(=O)(=O)N3CCC[C@H](C(=O)Nc4cccc(F)c4)C3)ccc2N1C(=O)C1CC1. The summed E-state index contributed by atoms with van der Waals surface area (Å²) in [7, 11) is -3.80. The Balaban J connectivity index is 1.32. The molecule has 0 bridgehead atoms. The van der Waals surface area contributed by atoms with Crippen LogP contribution in [-0.2, 0) is 26.0 Å². The van der Waals surface area contributed by atoms with Gasteiger partial charge in [0, 0.05) is 36.4 Å². The van der Waals surface area contributed by atoms with Crippen molar-refractivity contribution in [2.45, 2.75) is 50.0 Å². The highest BCUT2D eigenvalue weighted by Crippen LogP contribution is 2.40. The van der Waals surface area contributed by atoms with Crippen molar-refractivity contribution in [3.63, 3.8) is 0 Å². The van der Waals surface area contributed by atoms with E-state index in [1.165, 1.54) is 22.5 Å². The van der Waals surface area contributed by atoms with E-state index >= 15 is 0 Å². The van der Waals surface area contributed by atoms with E-state index in [2.05, 4.69) is 5.32 Å². The first-order valence-corrected chi connectivity index (χ1v) is 13.2. The predicted molar refractivity (Wildman–Crippen MR) is 126 cm³/mol. The van der Waals surface area contributed by atoms with Crippen molar-refractivity contribution in [2.24, 2.45) is 11.8 Å². The van der Waals surface area contributed by atoms with Crippen LogP contribution < -0.4 is 10.2 Å². The van der Waals surface area contributed by atoms with Gasteiger partial charge in [-0.25, -0.2) is 12.8 Å². The molecule has 2 aromatic rings. The first kappa shape index (κ1) is 23.0. The van der Waals surface area contributed by atoms with Crippen molar-refractivity contribution in [1.29, 1.82) is 0 Å². The molecule has 180 valence electrons. The van der Waals surface area contributed by atoms with Crippen molar-refractivity contribution in [1.82, 2.24) is 4.31 Å². The van der Waals surface area contributed by atoms with Gasteiger partial charge in [0.05, 0.1) is 10.8 Å². The quantitative estimate of drug-likeness (QED) is 0.702. The van der Waals surface area contributed by atoms with Gasteiger partial charge in [-0.1, -0.05) is 6.07 Å². The average Bonchev–Trinajstić information content (AvgIpc) is 3.60. The lowest BCUT2D eigenvalue weighted by atomic mass is 9.99. The Kier molecular flexibility index (Phi) is 5.93. The minimum absolute atomic E-state index is 0.00643. The van der Waals surface area contributed by atoms with E-state index in [4.69, 9.17) is 0 Å². The Morgan fingerprint density at radius 3 is 2.59 bits per heavy atom. The van der Waals surface area contributed by atoms with Crippen LogP contribution in [0.3, 0.4) is 0 Å². The van der Waals surface area contributed by atoms with Crippen LogP contribution in [0.4, 0.5) is 15.8 Å². The van der Waals surface area contributed by atoms with Gasteiger partial charge in [-0.15, -0.1) is 0 Å². The van der Waals surface area contributed by atoms with Crippen molar-refractivity contribution in [2.75, 3.05) is 23.3 Å². The summed E-state index contributed by atoms with van der Waals surface area (Å²) in [4.78, 5) is 27.4. The number of carbonyl (C=O) groups excluding carboxylic acids is 2. The molecule has 2 aliphatic heterocycles. The third-order valence-electron chi connectivity index (χ3n) is 6.92. The lowest BCUT2D eigenvalue weighted by Gasteiger charge is -2.31. The molecule has 9 heteroatoms. The molecular formula is C25H28FN3O4S. The standard InChI is InChI=1S/C25H28FN3O4S/c1-16-12-19-13-22(9-10-23(19)29(16)25(31)17-7-8-17)34(32,33)28-11-3-4-18(15-28)24(30)27-21-6-2-5-20(26)14-21/h2,5-6,9-10,13-14,16-18H,3-4,7-8,11-12,15H2,1H3,(H,27,30)/t16-,18+/m1/s1. The van der Waals surface area contributed by atoms with Gasteiger partial charge in [-0.05, 0) is 81.0 Å². The van der Waals surface area contributed by atoms with Crippen LogP contribution in [0.5, 0.6) is 0 Å². The fraction of sp³-hybridized carbons (Fsp3) is 0.440. The monoisotopic (exact) mass is 485 g/mol. The number of nitrogens with one attached hydrogen (secondary N) is 1. The largest absolute Gasteiger partial charge is 0.326 e. The van der Waals surface area contributed by atoms with Gasteiger partial charge < -0.3 is 10.2 Å². The number of benzene rings is 2. The molecule has 1 aliphatic carbocycles. The molecule has 1 N–H and O–H groups in total. The van der Waals surface area contributed by atoms with E-state index in [0.717, 1.165) is 24.1 Å². The maximum atomic E-state index is 13.4. The van der Waals surface area contributed by atoms with Crippen LogP contribution in [0.1, 0.15) is 38.2 Å². The molecule has 1 saturated heterocycles. The third-order valence-corrected chi connectivity index (χ3v) is 8.78. The highest BCUT2D eigenvalue weighted by molar-refractivity contribution is 7.89. The molecule has 0 aromatic heterocycles. The third kappa shape index (κ3) is 4.34. The van der Waals surface area contributed by atoms with E-state index < -0.39 is 21.8 Å².